The number of nitrogens with two attached hydrogens (primary N) is 2. The van der Waals surface area contributed by atoms with Gasteiger partial charge in [-0.1, -0.05) is 24.6 Å². The zero-order chi connectivity index (χ0) is 27.1. The first kappa shape index (κ1) is 26.4. The van der Waals surface area contributed by atoms with Crippen LogP contribution in [0.1, 0.15) is 54.9 Å². The summed E-state index contributed by atoms with van der Waals surface area (Å²) in [7, 11) is 0. The van der Waals surface area contributed by atoms with Crippen LogP contribution in [0.4, 0.5) is 5.95 Å². The maximum absolute atomic E-state index is 11.7. The van der Waals surface area contributed by atoms with Crippen molar-refractivity contribution in [3.05, 3.63) is 71.2 Å². The number of aliphatic imine (C=N–C) groups is 1. The zero-order valence-corrected chi connectivity index (χ0v) is 21.0. The van der Waals surface area contributed by atoms with E-state index in [1.54, 1.807) is 24.3 Å². The van der Waals surface area contributed by atoms with Crippen molar-refractivity contribution in [2.75, 3.05) is 12.3 Å². The van der Waals surface area contributed by atoms with E-state index in [0.29, 0.717) is 34.6 Å². The first-order valence-electron chi connectivity index (χ1n) is 12.3. The molecule has 1 aromatic carbocycles. The van der Waals surface area contributed by atoms with Gasteiger partial charge in [0.1, 0.15) is 11.8 Å². The Labute approximate surface area is 220 Å². The number of carboxylic acids is 1. The molecule has 1 saturated heterocycles. The summed E-state index contributed by atoms with van der Waals surface area (Å²) >= 11 is 0. The molecule has 4 rings (SSSR count). The minimum atomic E-state index is -0.794. The number of aliphatic carboxylic acids is 1. The molecule has 2 atom stereocenters. The summed E-state index contributed by atoms with van der Waals surface area (Å²) in [6, 6.07) is 15.8. The fraction of sp³-hybridized carbons (Fsp3) is 0.296. The Morgan fingerprint density at radius 2 is 2.05 bits per heavy atom. The molecule has 3 aromatic rings. The molecule has 0 amide bonds. The number of likely N-dealkylation sites (tertiary alicyclic amines) is 1. The SMILES string of the molecule is C[C@@H](c1cccc(CN=C/C(=N\N)c2cc(-c3cccc(C#N)c3)nc(N)n2)n1)N1CCCC[C@@H]1C(=O)O. The third-order valence-electron chi connectivity index (χ3n) is 6.48. The van der Waals surface area contributed by atoms with Crippen LogP contribution in [0, 0.1) is 11.3 Å². The van der Waals surface area contributed by atoms with E-state index in [2.05, 4.69) is 26.1 Å². The van der Waals surface area contributed by atoms with Crippen molar-refractivity contribution in [1.82, 2.24) is 19.9 Å². The van der Waals surface area contributed by atoms with Crippen LogP contribution in [0.2, 0.25) is 0 Å². The highest BCUT2D eigenvalue weighted by molar-refractivity contribution is 6.37. The standard InChI is InChI=1S/C27H29N9O2/c1-17(36-11-3-2-10-25(36)26(37)38)21-9-5-8-20(32-21)15-31-16-24(35-30)23-13-22(33-27(29)34-23)19-7-4-6-18(12-19)14-28/h4-9,12-13,16-17,25H,2-3,10-11,15,30H2,1H3,(H,37,38)(H2,29,33,34)/b31-16?,35-24+/t17-,25+/m0/s1. The number of nitriles is 1. The van der Waals surface area contributed by atoms with E-state index >= 15 is 0 Å². The van der Waals surface area contributed by atoms with Gasteiger partial charge in [0, 0.05) is 5.56 Å². The van der Waals surface area contributed by atoms with E-state index < -0.39 is 12.0 Å². The van der Waals surface area contributed by atoms with Crippen molar-refractivity contribution in [2.45, 2.75) is 44.8 Å². The van der Waals surface area contributed by atoms with E-state index in [1.807, 2.05) is 36.1 Å². The van der Waals surface area contributed by atoms with Gasteiger partial charge >= 0.3 is 5.97 Å². The first-order valence-corrected chi connectivity index (χ1v) is 12.3. The van der Waals surface area contributed by atoms with E-state index in [1.165, 1.54) is 6.21 Å². The summed E-state index contributed by atoms with van der Waals surface area (Å²) in [5.74, 6) is 4.88. The van der Waals surface area contributed by atoms with Gasteiger partial charge in [-0.25, -0.2) is 9.97 Å². The molecule has 194 valence electrons. The molecule has 0 radical (unpaired) electrons. The highest BCUT2D eigenvalue weighted by atomic mass is 16.4. The maximum atomic E-state index is 11.7. The molecule has 3 heterocycles. The minimum absolute atomic E-state index is 0.0372. The van der Waals surface area contributed by atoms with Gasteiger partial charge in [0.2, 0.25) is 5.95 Å². The lowest BCUT2D eigenvalue weighted by molar-refractivity contribution is -0.145. The fourth-order valence-corrected chi connectivity index (χ4v) is 4.56. The number of pyridine rings is 1. The van der Waals surface area contributed by atoms with E-state index in [4.69, 9.17) is 16.6 Å². The van der Waals surface area contributed by atoms with Crippen LogP contribution in [0.15, 0.2) is 58.6 Å². The largest absolute Gasteiger partial charge is 0.480 e. The number of nitrogen functional groups attached to an aromatic ring is 1. The molecule has 1 fully saturated rings. The van der Waals surface area contributed by atoms with Crippen LogP contribution >= 0.6 is 0 Å². The second-order valence-electron chi connectivity index (χ2n) is 8.99. The summed E-state index contributed by atoms with van der Waals surface area (Å²) in [6.07, 6.45) is 4.03. The highest BCUT2D eigenvalue weighted by Gasteiger charge is 2.32. The van der Waals surface area contributed by atoms with Gasteiger partial charge in [-0.15, -0.1) is 0 Å². The predicted octanol–water partition coefficient (Wildman–Crippen LogP) is 2.93. The van der Waals surface area contributed by atoms with Crippen LogP contribution in [0.25, 0.3) is 11.3 Å². The third-order valence-corrected chi connectivity index (χ3v) is 6.48. The van der Waals surface area contributed by atoms with E-state index in [-0.39, 0.29) is 18.5 Å². The Bertz CT molecular complexity index is 1410. The number of nitrogens with zero attached hydrogens (tertiary/aromatic N) is 7. The average Bonchev–Trinajstić information content (AvgIpc) is 2.94. The fourth-order valence-electron chi connectivity index (χ4n) is 4.56. The van der Waals surface area contributed by atoms with Crippen molar-refractivity contribution in [2.24, 2.45) is 15.9 Å². The van der Waals surface area contributed by atoms with Crippen LogP contribution < -0.4 is 11.6 Å². The summed E-state index contributed by atoms with van der Waals surface area (Å²) in [6.45, 7) is 2.97. The number of hydrogen-bond acceptors (Lipinski definition) is 10. The Balaban J connectivity index is 1.50. The van der Waals surface area contributed by atoms with Gasteiger partial charge in [0.05, 0.1) is 53.2 Å². The monoisotopic (exact) mass is 511 g/mol. The van der Waals surface area contributed by atoms with E-state index in [0.717, 1.165) is 30.8 Å². The second-order valence-corrected chi connectivity index (χ2v) is 8.99. The molecule has 2 aromatic heterocycles. The first-order chi connectivity index (χ1) is 18.4. The molecule has 5 N–H and O–H groups in total. The lowest BCUT2D eigenvalue weighted by atomic mass is 9.99. The van der Waals surface area contributed by atoms with Crippen molar-refractivity contribution >= 4 is 23.8 Å². The summed E-state index contributed by atoms with van der Waals surface area (Å²) in [5.41, 5.74) is 9.89. The third kappa shape index (κ3) is 6.16. The van der Waals surface area contributed by atoms with Gasteiger partial charge in [-0.3, -0.25) is 19.7 Å². The molecular formula is C27H29N9O2. The Hall–Kier alpha value is -4.69. The molecule has 1 aliphatic heterocycles. The van der Waals surface area contributed by atoms with Gasteiger partial charge in [-0.05, 0) is 56.6 Å². The quantitative estimate of drug-likeness (QED) is 0.233. The Morgan fingerprint density at radius 3 is 2.82 bits per heavy atom. The van der Waals surface area contributed by atoms with Crippen LogP contribution in [0.5, 0.6) is 0 Å². The van der Waals surface area contributed by atoms with Crippen LogP contribution in [-0.2, 0) is 11.3 Å². The van der Waals surface area contributed by atoms with Crippen molar-refractivity contribution in [3.63, 3.8) is 0 Å². The van der Waals surface area contributed by atoms with Gasteiger partial charge in [0.15, 0.2) is 0 Å². The normalized spacial score (nSPS) is 17.3. The molecule has 38 heavy (non-hydrogen) atoms. The molecule has 1 aliphatic rings. The number of benzene rings is 1. The van der Waals surface area contributed by atoms with E-state index in [9.17, 15) is 15.2 Å². The number of hydrazone groups is 1. The molecule has 0 saturated carbocycles. The number of anilines is 1. The van der Waals surface area contributed by atoms with Crippen LogP contribution in [0.3, 0.4) is 0 Å². The average molecular weight is 512 g/mol. The van der Waals surface area contributed by atoms with Crippen molar-refractivity contribution in [3.8, 4) is 17.3 Å². The van der Waals surface area contributed by atoms with Gasteiger partial charge in [-0.2, -0.15) is 10.4 Å². The van der Waals surface area contributed by atoms with Crippen LogP contribution in [-0.4, -0.2) is 55.4 Å². The molecule has 0 bridgehead atoms. The highest BCUT2D eigenvalue weighted by Crippen LogP contribution is 2.28. The topological polar surface area (TPSA) is 180 Å². The second kappa shape index (κ2) is 12.0. The Kier molecular flexibility index (Phi) is 8.35. The molecule has 11 heteroatoms. The van der Waals surface area contributed by atoms with Gasteiger partial charge in [0.25, 0.3) is 0 Å². The molecule has 0 spiro atoms. The number of carbonyl (C=O) groups is 1. The summed E-state index contributed by atoms with van der Waals surface area (Å²) in [4.78, 5) is 31.4. The van der Waals surface area contributed by atoms with Crippen molar-refractivity contribution in [1.29, 1.82) is 5.26 Å². The number of rotatable bonds is 8. The lowest BCUT2D eigenvalue weighted by Crippen LogP contribution is -2.46. The number of piperidine rings is 1. The molecule has 0 aliphatic carbocycles. The maximum Gasteiger partial charge on any atom is 0.320 e. The molecule has 11 nitrogen and oxygen atoms in total. The van der Waals surface area contributed by atoms with Crippen molar-refractivity contribution < 1.29 is 9.90 Å². The minimum Gasteiger partial charge on any atom is -0.480 e. The van der Waals surface area contributed by atoms with Gasteiger partial charge < -0.3 is 16.7 Å². The lowest BCUT2D eigenvalue weighted by Gasteiger charge is -2.37. The number of hydrogen-bond donors (Lipinski definition) is 3. The molecule has 0 unspecified atom stereocenters. The molecular weight excluding hydrogens is 482 g/mol. The summed E-state index contributed by atoms with van der Waals surface area (Å²) < 4.78 is 0. The Morgan fingerprint density at radius 1 is 1.24 bits per heavy atom. The smallest absolute Gasteiger partial charge is 0.320 e. The number of carboxylic acid groups (broad SMARTS) is 1. The number of aromatic nitrogens is 3. The zero-order valence-electron chi connectivity index (χ0n) is 21.0. The predicted molar refractivity (Wildman–Crippen MR) is 144 cm³/mol. The summed E-state index contributed by atoms with van der Waals surface area (Å²) in [5, 5.41) is 22.6.